The number of halogens is 2. The van der Waals surface area contributed by atoms with Crippen molar-refractivity contribution in [2.45, 2.75) is 17.9 Å². The highest BCUT2D eigenvalue weighted by atomic mass is 79.9. The number of benzene rings is 1. The fourth-order valence-corrected chi connectivity index (χ4v) is 3.87. The smallest absolute Gasteiger partial charge is 0.208 e. The molecule has 0 aliphatic heterocycles. The Morgan fingerprint density at radius 2 is 2.18 bits per heavy atom. The van der Waals surface area contributed by atoms with E-state index in [9.17, 15) is 8.42 Å². The van der Waals surface area contributed by atoms with Gasteiger partial charge in [0.1, 0.15) is 0 Å². The maximum Gasteiger partial charge on any atom is 0.240 e. The van der Waals surface area contributed by atoms with Gasteiger partial charge in [0.15, 0.2) is 0 Å². The summed E-state index contributed by atoms with van der Waals surface area (Å²) >= 11 is 10.6. The first kappa shape index (κ1) is 15.3. The molecule has 0 fully saturated rings. The second-order valence-corrected chi connectivity index (χ2v) is 7.44. The lowest BCUT2D eigenvalue weighted by Gasteiger charge is -2.13. The molecule has 1 unspecified atom stereocenters. The second-order valence-electron chi connectivity index (χ2n) is 3.55. The van der Waals surface area contributed by atoms with Gasteiger partial charge in [0.05, 0.1) is 9.92 Å². The van der Waals surface area contributed by atoms with Gasteiger partial charge in [-0.15, -0.1) is 0 Å². The minimum Gasteiger partial charge on any atom is -0.208 e. The average Bonchev–Trinajstić information content (AvgIpc) is 2.21. The molecule has 0 heterocycles. The molecule has 7 heteroatoms. The van der Waals surface area contributed by atoms with Crippen LogP contribution >= 0.6 is 39.3 Å². The van der Waals surface area contributed by atoms with Crippen molar-refractivity contribution in [3.63, 3.8) is 0 Å². The molecule has 17 heavy (non-hydrogen) atoms. The van der Waals surface area contributed by atoms with Crippen molar-refractivity contribution < 1.29 is 8.42 Å². The van der Waals surface area contributed by atoms with Crippen molar-refractivity contribution in [2.24, 2.45) is 0 Å². The molecule has 0 spiro atoms. The Bertz CT molecular complexity index is 493. The van der Waals surface area contributed by atoms with Crippen LogP contribution in [0.2, 0.25) is 5.02 Å². The number of rotatable bonds is 5. The molecule has 1 aromatic carbocycles. The molecular formula is C10H13BrClNO2S2. The van der Waals surface area contributed by atoms with E-state index >= 15 is 0 Å². The van der Waals surface area contributed by atoms with Crippen LogP contribution < -0.4 is 4.72 Å². The van der Waals surface area contributed by atoms with Crippen LogP contribution in [0.1, 0.15) is 6.92 Å². The van der Waals surface area contributed by atoms with Gasteiger partial charge in [0, 0.05) is 16.3 Å². The third kappa shape index (κ3) is 4.44. The summed E-state index contributed by atoms with van der Waals surface area (Å²) in [4.78, 5) is 0.210. The van der Waals surface area contributed by atoms with E-state index in [0.29, 0.717) is 9.50 Å². The first-order valence-corrected chi connectivity index (χ1v) is 8.88. The normalized spacial score (nSPS) is 13.6. The molecule has 0 saturated heterocycles. The van der Waals surface area contributed by atoms with Gasteiger partial charge in [0.25, 0.3) is 0 Å². The van der Waals surface area contributed by atoms with Crippen molar-refractivity contribution in [1.29, 1.82) is 0 Å². The third-order valence-electron chi connectivity index (χ3n) is 1.97. The Labute approximate surface area is 119 Å². The van der Waals surface area contributed by atoms with Crippen molar-refractivity contribution in [2.75, 3.05) is 12.0 Å². The van der Waals surface area contributed by atoms with Crippen LogP contribution in [0.25, 0.3) is 0 Å². The largest absolute Gasteiger partial charge is 0.240 e. The molecule has 1 atom stereocenters. The van der Waals surface area contributed by atoms with Gasteiger partial charge in [-0.25, -0.2) is 13.1 Å². The molecule has 0 aromatic heterocycles. The summed E-state index contributed by atoms with van der Waals surface area (Å²) in [5.41, 5.74) is 0. The molecule has 1 aromatic rings. The van der Waals surface area contributed by atoms with Crippen molar-refractivity contribution in [1.82, 2.24) is 4.72 Å². The summed E-state index contributed by atoms with van der Waals surface area (Å²) in [6.45, 7) is 1.83. The molecular weight excluding hydrogens is 346 g/mol. The van der Waals surface area contributed by atoms with Gasteiger partial charge in [0.2, 0.25) is 10.0 Å². The van der Waals surface area contributed by atoms with E-state index in [1.54, 1.807) is 17.8 Å². The summed E-state index contributed by atoms with van der Waals surface area (Å²) in [7, 11) is -3.47. The molecule has 0 bridgehead atoms. The fourth-order valence-electron chi connectivity index (χ4n) is 1.26. The molecule has 3 nitrogen and oxygen atoms in total. The molecule has 96 valence electrons. The van der Waals surface area contributed by atoms with E-state index in [1.807, 2.05) is 13.2 Å². The molecule has 0 saturated carbocycles. The minimum absolute atomic E-state index is 0.107. The molecule has 1 rings (SSSR count). The van der Waals surface area contributed by atoms with Gasteiger partial charge < -0.3 is 0 Å². The van der Waals surface area contributed by atoms with Gasteiger partial charge in [-0.2, -0.15) is 11.8 Å². The van der Waals surface area contributed by atoms with Crippen LogP contribution in [0.15, 0.2) is 27.6 Å². The zero-order valence-electron chi connectivity index (χ0n) is 9.41. The van der Waals surface area contributed by atoms with Crippen LogP contribution in [0.5, 0.6) is 0 Å². The van der Waals surface area contributed by atoms with E-state index in [0.717, 1.165) is 5.75 Å². The maximum absolute atomic E-state index is 12.0. The monoisotopic (exact) mass is 357 g/mol. The topological polar surface area (TPSA) is 46.2 Å². The summed E-state index contributed by atoms with van der Waals surface area (Å²) < 4.78 is 27.2. The molecule has 0 aliphatic rings. The molecule has 0 radical (unpaired) electrons. The highest BCUT2D eigenvalue weighted by molar-refractivity contribution is 9.10. The Hall–Kier alpha value is 0.250. The first-order valence-electron chi connectivity index (χ1n) is 4.83. The van der Waals surface area contributed by atoms with Crippen molar-refractivity contribution >= 4 is 49.3 Å². The van der Waals surface area contributed by atoms with Gasteiger partial charge >= 0.3 is 0 Å². The number of hydrogen-bond acceptors (Lipinski definition) is 3. The van der Waals surface area contributed by atoms with Crippen LogP contribution in [-0.2, 0) is 10.0 Å². The molecule has 1 N–H and O–H groups in total. The predicted octanol–water partition coefficient (Wildman–Crippen LogP) is 3.13. The Kier molecular flexibility index (Phi) is 5.79. The van der Waals surface area contributed by atoms with Crippen LogP contribution in [-0.4, -0.2) is 26.5 Å². The lowest BCUT2D eigenvalue weighted by Crippen LogP contribution is -2.34. The van der Waals surface area contributed by atoms with Crippen molar-refractivity contribution in [3.05, 3.63) is 27.7 Å². The van der Waals surface area contributed by atoms with Crippen LogP contribution in [0.4, 0.5) is 0 Å². The van der Waals surface area contributed by atoms with Crippen LogP contribution in [0, 0.1) is 0 Å². The molecule has 0 aliphatic carbocycles. The van der Waals surface area contributed by atoms with E-state index in [1.165, 1.54) is 12.1 Å². The summed E-state index contributed by atoms with van der Waals surface area (Å²) in [6.07, 6.45) is 1.93. The summed E-state index contributed by atoms with van der Waals surface area (Å²) in [5.74, 6) is 0.730. The van der Waals surface area contributed by atoms with Crippen molar-refractivity contribution in [3.8, 4) is 0 Å². The predicted molar refractivity (Wildman–Crippen MR) is 77.3 cm³/mol. The lowest BCUT2D eigenvalue weighted by atomic mass is 10.4. The first-order chi connectivity index (χ1) is 7.86. The van der Waals surface area contributed by atoms with Gasteiger partial charge in [-0.05, 0) is 47.3 Å². The SMILES string of the molecule is CSCC(C)NS(=O)(=O)c1ccc(Cl)c(Br)c1. The number of nitrogens with one attached hydrogen (secondary N) is 1. The van der Waals surface area contributed by atoms with E-state index in [2.05, 4.69) is 20.7 Å². The van der Waals surface area contributed by atoms with Gasteiger partial charge in [-0.1, -0.05) is 11.6 Å². The summed E-state index contributed by atoms with van der Waals surface area (Å²) in [6, 6.07) is 4.43. The maximum atomic E-state index is 12.0. The zero-order valence-corrected chi connectivity index (χ0v) is 13.4. The molecule has 0 amide bonds. The zero-order chi connectivity index (χ0) is 13.1. The Morgan fingerprint density at radius 1 is 1.53 bits per heavy atom. The van der Waals surface area contributed by atoms with E-state index in [-0.39, 0.29) is 10.9 Å². The number of sulfonamides is 1. The highest BCUT2D eigenvalue weighted by Crippen LogP contribution is 2.25. The highest BCUT2D eigenvalue weighted by Gasteiger charge is 2.17. The third-order valence-corrected chi connectivity index (χ3v) is 5.61. The van der Waals surface area contributed by atoms with E-state index < -0.39 is 10.0 Å². The summed E-state index contributed by atoms with van der Waals surface area (Å²) in [5, 5.41) is 0.487. The Morgan fingerprint density at radius 3 is 2.71 bits per heavy atom. The minimum atomic E-state index is -3.47. The Balaban J connectivity index is 2.93. The number of thioether (sulfide) groups is 1. The van der Waals surface area contributed by atoms with E-state index in [4.69, 9.17) is 11.6 Å². The second kappa shape index (κ2) is 6.43. The fraction of sp³-hybridized carbons (Fsp3) is 0.400. The number of hydrogen-bond donors (Lipinski definition) is 1. The van der Waals surface area contributed by atoms with Gasteiger partial charge in [-0.3, -0.25) is 0 Å². The standard InChI is InChI=1S/C10H13BrClNO2S2/c1-7(6-16-2)13-17(14,15)8-3-4-10(12)9(11)5-8/h3-5,7,13H,6H2,1-2H3. The van der Waals surface area contributed by atoms with Crippen LogP contribution in [0.3, 0.4) is 0 Å². The lowest BCUT2D eigenvalue weighted by molar-refractivity contribution is 0.571. The quantitative estimate of drug-likeness (QED) is 0.879. The average molecular weight is 359 g/mol.